The summed E-state index contributed by atoms with van der Waals surface area (Å²) in [7, 11) is 0. The van der Waals surface area contributed by atoms with Crippen LogP contribution >= 0.6 is 11.6 Å². The molecule has 1 aromatic rings. The fourth-order valence-electron chi connectivity index (χ4n) is 4.28. The summed E-state index contributed by atoms with van der Waals surface area (Å²) in [6.45, 7) is 1.76. The molecule has 2 heterocycles. The van der Waals surface area contributed by atoms with E-state index in [4.69, 9.17) is 17.3 Å². The third-order valence-electron chi connectivity index (χ3n) is 6.00. The number of carbonyl (C=O) groups excluding carboxylic acids is 2. The molecule has 6 nitrogen and oxygen atoms in total. The van der Waals surface area contributed by atoms with Crippen LogP contribution in [0, 0.1) is 11.3 Å². The van der Waals surface area contributed by atoms with Gasteiger partial charge in [-0.3, -0.25) is 9.59 Å². The molecule has 148 valence electrons. The zero-order valence-electron chi connectivity index (χ0n) is 15.8. The van der Waals surface area contributed by atoms with Crippen LogP contribution in [-0.2, 0) is 9.59 Å². The van der Waals surface area contributed by atoms with Crippen molar-refractivity contribution in [2.24, 2.45) is 17.1 Å². The van der Waals surface area contributed by atoms with E-state index in [0.29, 0.717) is 30.4 Å². The van der Waals surface area contributed by atoms with Crippen molar-refractivity contribution in [2.45, 2.75) is 51.4 Å². The molecule has 1 aliphatic heterocycles. The predicted molar refractivity (Wildman–Crippen MR) is 106 cm³/mol. The van der Waals surface area contributed by atoms with E-state index in [1.54, 1.807) is 12.1 Å². The fourth-order valence-corrected chi connectivity index (χ4v) is 4.39. The Morgan fingerprint density at radius 2 is 2.04 bits per heavy atom. The normalized spacial score (nSPS) is 22.3. The molecule has 0 spiro atoms. The van der Waals surface area contributed by atoms with Gasteiger partial charge in [0.15, 0.2) is 0 Å². The van der Waals surface area contributed by atoms with E-state index in [-0.39, 0.29) is 23.1 Å². The molecule has 27 heavy (non-hydrogen) atoms. The Hall–Kier alpha value is -1.66. The van der Waals surface area contributed by atoms with Gasteiger partial charge in [-0.25, -0.2) is 4.98 Å². The van der Waals surface area contributed by atoms with Gasteiger partial charge in [0.05, 0.1) is 10.9 Å². The summed E-state index contributed by atoms with van der Waals surface area (Å²) in [6, 6.07) is 3.37. The Bertz CT molecular complexity index is 658. The summed E-state index contributed by atoms with van der Waals surface area (Å²) < 4.78 is 0. The third kappa shape index (κ3) is 5.20. The standard InChI is InChI=1S/C20H29ClN4O2/c21-16-6-7-17(23-12-16)24-19(27)15-5-4-10-25(13-15)18(26)11-20(14-22)8-2-1-3-9-20/h6-7,12,15H,1-5,8-11,13-14,22H2,(H,23,24,27). The highest BCUT2D eigenvalue weighted by molar-refractivity contribution is 6.30. The molecular formula is C20H29ClN4O2. The van der Waals surface area contributed by atoms with E-state index in [1.807, 2.05) is 4.90 Å². The minimum Gasteiger partial charge on any atom is -0.342 e. The summed E-state index contributed by atoms with van der Waals surface area (Å²) in [5.74, 6) is 0.329. The molecule has 1 aromatic heterocycles. The average molecular weight is 393 g/mol. The molecule has 1 atom stereocenters. The highest BCUT2D eigenvalue weighted by Crippen LogP contribution is 2.39. The summed E-state index contributed by atoms with van der Waals surface area (Å²) in [6.07, 6.45) is 9.26. The van der Waals surface area contributed by atoms with Crippen molar-refractivity contribution in [3.63, 3.8) is 0 Å². The summed E-state index contributed by atoms with van der Waals surface area (Å²) in [5, 5.41) is 3.36. The van der Waals surface area contributed by atoms with Gasteiger partial charge in [-0.15, -0.1) is 0 Å². The number of pyridine rings is 1. The fraction of sp³-hybridized carbons (Fsp3) is 0.650. The molecule has 1 saturated heterocycles. The molecule has 1 aliphatic carbocycles. The van der Waals surface area contributed by atoms with Gasteiger partial charge in [-0.1, -0.05) is 30.9 Å². The number of hydrogen-bond acceptors (Lipinski definition) is 4. The number of likely N-dealkylation sites (tertiary alicyclic amines) is 1. The number of aromatic nitrogens is 1. The number of anilines is 1. The Balaban J connectivity index is 1.57. The first-order valence-corrected chi connectivity index (χ1v) is 10.3. The minimum atomic E-state index is -0.208. The lowest BCUT2D eigenvalue weighted by molar-refractivity contribution is -0.137. The number of rotatable bonds is 5. The van der Waals surface area contributed by atoms with Crippen molar-refractivity contribution in [2.75, 3.05) is 25.0 Å². The predicted octanol–water partition coefficient (Wildman–Crippen LogP) is 3.21. The molecule has 7 heteroatoms. The quantitative estimate of drug-likeness (QED) is 0.805. The van der Waals surface area contributed by atoms with Crippen LogP contribution in [0.25, 0.3) is 0 Å². The number of nitrogens with zero attached hydrogens (tertiary/aromatic N) is 2. The summed E-state index contributed by atoms with van der Waals surface area (Å²) in [5.41, 5.74) is 5.99. The molecule has 0 radical (unpaired) electrons. The molecule has 3 rings (SSSR count). The second-order valence-corrected chi connectivity index (χ2v) is 8.41. The molecule has 2 amide bonds. The van der Waals surface area contributed by atoms with E-state index in [1.165, 1.54) is 12.6 Å². The molecule has 0 aromatic carbocycles. The van der Waals surface area contributed by atoms with E-state index in [9.17, 15) is 9.59 Å². The maximum atomic E-state index is 12.9. The summed E-state index contributed by atoms with van der Waals surface area (Å²) >= 11 is 5.83. The first-order chi connectivity index (χ1) is 13.0. The number of nitrogens with one attached hydrogen (secondary N) is 1. The molecule has 1 saturated carbocycles. The summed E-state index contributed by atoms with van der Waals surface area (Å²) in [4.78, 5) is 31.5. The van der Waals surface area contributed by atoms with Crippen molar-refractivity contribution < 1.29 is 9.59 Å². The molecule has 3 N–H and O–H groups in total. The van der Waals surface area contributed by atoms with Gasteiger partial charge in [0.2, 0.25) is 11.8 Å². The van der Waals surface area contributed by atoms with E-state index in [0.717, 1.165) is 45.1 Å². The monoisotopic (exact) mass is 392 g/mol. The van der Waals surface area contributed by atoms with Crippen LogP contribution < -0.4 is 11.1 Å². The van der Waals surface area contributed by atoms with E-state index >= 15 is 0 Å². The first kappa shape index (κ1) is 20.1. The smallest absolute Gasteiger partial charge is 0.230 e. The number of nitrogens with two attached hydrogens (primary N) is 1. The maximum absolute atomic E-state index is 12.9. The topological polar surface area (TPSA) is 88.3 Å². The Morgan fingerprint density at radius 3 is 2.70 bits per heavy atom. The van der Waals surface area contributed by atoms with Gasteiger partial charge in [-0.2, -0.15) is 0 Å². The van der Waals surface area contributed by atoms with E-state index in [2.05, 4.69) is 10.3 Å². The zero-order chi connectivity index (χ0) is 19.3. The number of carbonyl (C=O) groups is 2. The van der Waals surface area contributed by atoms with Crippen LogP contribution in [0.2, 0.25) is 5.02 Å². The van der Waals surface area contributed by atoms with Gasteiger partial charge >= 0.3 is 0 Å². The van der Waals surface area contributed by atoms with Gasteiger partial charge in [0.25, 0.3) is 0 Å². The van der Waals surface area contributed by atoms with Crippen LogP contribution in [-0.4, -0.2) is 41.3 Å². The van der Waals surface area contributed by atoms with Crippen LogP contribution in [0.3, 0.4) is 0 Å². The largest absolute Gasteiger partial charge is 0.342 e. The Kier molecular flexibility index (Phi) is 6.71. The van der Waals surface area contributed by atoms with Crippen LogP contribution in [0.4, 0.5) is 5.82 Å². The van der Waals surface area contributed by atoms with Crippen LogP contribution in [0.1, 0.15) is 51.4 Å². The minimum absolute atomic E-state index is 0.0439. The molecule has 2 aliphatic rings. The lowest BCUT2D eigenvalue weighted by atomic mass is 9.71. The second-order valence-electron chi connectivity index (χ2n) is 7.97. The van der Waals surface area contributed by atoms with Crippen molar-refractivity contribution >= 4 is 29.2 Å². The third-order valence-corrected chi connectivity index (χ3v) is 6.22. The number of halogens is 1. The second kappa shape index (κ2) is 9.02. The molecule has 2 fully saturated rings. The SMILES string of the molecule is NCC1(CC(=O)N2CCCC(C(=O)Nc3ccc(Cl)cn3)C2)CCCCC1. The van der Waals surface area contributed by atoms with Crippen LogP contribution in [0.15, 0.2) is 18.3 Å². The Morgan fingerprint density at radius 1 is 1.26 bits per heavy atom. The van der Waals surface area contributed by atoms with Crippen LogP contribution in [0.5, 0.6) is 0 Å². The highest BCUT2D eigenvalue weighted by Gasteiger charge is 2.36. The Labute approximate surface area is 165 Å². The van der Waals surface area contributed by atoms with Crippen molar-refractivity contribution in [1.29, 1.82) is 0 Å². The zero-order valence-corrected chi connectivity index (χ0v) is 16.5. The van der Waals surface area contributed by atoms with Crippen molar-refractivity contribution in [3.05, 3.63) is 23.4 Å². The maximum Gasteiger partial charge on any atom is 0.230 e. The molecular weight excluding hydrogens is 364 g/mol. The van der Waals surface area contributed by atoms with Crippen molar-refractivity contribution in [1.82, 2.24) is 9.88 Å². The first-order valence-electron chi connectivity index (χ1n) is 9.92. The van der Waals surface area contributed by atoms with Crippen molar-refractivity contribution in [3.8, 4) is 0 Å². The average Bonchev–Trinajstić information content (AvgIpc) is 2.70. The van der Waals surface area contributed by atoms with Gasteiger partial charge in [-0.05, 0) is 49.8 Å². The lowest BCUT2D eigenvalue weighted by Crippen LogP contribution is -2.46. The van der Waals surface area contributed by atoms with Gasteiger partial charge < -0.3 is 16.0 Å². The number of piperidine rings is 1. The number of hydrogen-bond donors (Lipinski definition) is 2. The van der Waals surface area contributed by atoms with E-state index < -0.39 is 0 Å². The molecule has 0 bridgehead atoms. The number of amides is 2. The highest BCUT2D eigenvalue weighted by atomic mass is 35.5. The van der Waals surface area contributed by atoms with Gasteiger partial charge in [0, 0.05) is 25.7 Å². The lowest BCUT2D eigenvalue weighted by Gasteiger charge is -2.39. The molecule has 1 unspecified atom stereocenters. The van der Waals surface area contributed by atoms with Gasteiger partial charge in [0.1, 0.15) is 5.82 Å².